The molecule has 1 heterocycles. The van der Waals surface area contributed by atoms with Crippen LogP contribution in [0.5, 0.6) is 0 Å². The van der Waals surface area contributed by atoms with Crippen molar-refractivity contribution in [3.05, 3.63) is 121 Å². The van der Waals surface area contributed by atoms with Crippen molar-refractivity contribution >= 4 is 44.4 Å². The lowest BCUT2D eigenvalue weighted by atomic mass is 9.86. The largest absolute Gasteiger partial charge is 0.456 e. The van der Waals surface area contributed by atoms with Gasteiger partial charge in [-0.2, -0.15) is 0 Å². The Hall–Kier alpha value is -4.44. The molecule has 0 unspecified atom stereocenters. The highest BCUT2D eigenvalue weighted by atomic mass is 16.3. The minimum Gasteiger partial charge on any atom is -0.456 e. The molecule has 0 aliphatic carbocycles. The second-order valence-corrected chi connectivity index (χ2v) is 10.1. The Morgan fingerprint density at radius 3 is 2.33 bits per heavy atom. The molecule has 4 nitrogen and oxygen atoms in total. The zero-order chi connectivity index (χ0) is 27.5. The maximum Gasteiger partial charge on any atom is 0.154 e. The van der Waals surface area contributed by atoms with Gasteiger partial charge in [0.2, 0.25) is 0 Å². The lowest BCUT2D eigenvalue weighted by Crippen LogP contribution is -2.32. The van der Waals surface area contributed by atoms with E-state index in [1.165, 1.54) is 0 Å². The van der Waals surface area contributed by atoms with Gasteiger partial charge in [-0.05, 0) is 41.2 Å². The van der Waals surface area contributed by atoms with Crippen LogP contribution in [-0.2, 0) is 0 Å². The van der Waals surface area contributed by atoms with Crippen LogP contribution in [0.4, 0.5) is 0 Å². The first-order chi connectivity index (χ1) is 18.9. The van der Waals surface area contributed by atoms with Gasteiger partial charge in [-0.15, -0.1) is 6.58 Å². The number of nitrogens with zero attached hydrogens (tertiary/aromatic N) is 2. The molecule has 39 heavy (non-hydrogen) atoms. The van der Waals surface area contributed by atoms with E-state index in [0.29, 0.717) is 11.8 Å². The van der Waals surface area contributed by atoms with E-state index in [0.717, 1.165) is 62.4 Å². The predicted octanol–water partition coefficient (Wildman–Crippen LogP) is 9.20. The Labute approximate surface area is 230 Å². The first-order valence-corrected chi connectivity index (χ1v) is 13.5. The van der Waals surface area contributed by atoms with Gasteiger partial charge in [0.15, 0.2) is 5.84 Å². The van der Waals surface area contributed by atoms with Crippen LogP contribution in [0.2, 0.25) is 0 Å². The minimum atomic E-state index is 0.204. The summed E-state index contributed by atoms with van der Waals surface area (Å²) in [5.74, 6) is 1.50. The zero-order valence-electron chi connectivity index (χ0n) is 22.9. The van der Waals surface area contributed by atoms with E-state index < -0.39 is 0 Å². The summed E-state index contributed by atoms with van der Waals surface area (Å²) in [6, 6.07) is 28.3. The maximum absolute atomic E-state index is 9.17. The first-order valence-electron chi connectivity index (χ1n) is 13.5. The highest BCUT2D eigenvalue weighted by Crippen LogP contribution is 2.34. The van der Waals surface area contributed by atoms with Crippen molar-refractivity contribution in [2.75, 3.05) is 7.05 Å². The van der Waals surface area contributed by atoms with E-state index in [4.69, 9.17) is 9.41 Å². The van der Waals surface area contributed by atoms with Crippen LogP contribution in [-0.4, -0.2) is 23.6 Å². The molecule has 0 amide bonds. The Morgan fingerprint density at radius 1 is 0.923 bits per heavy atom. The van der Waals surface area contributed by atoms with Crippen molar-refractivity contribution in [1.82, 2.24) is 4.90 Å². The summed E-state index contributed by atoms with van der Waals surface area (Å²) in [5, 5.41) is 13.3. The van der Waals surface area contributed by atoms with Crippen LogP contribution in [0.1, 0.15) is 37.8 Å². The molecule has 0 saturated heterocycles. The van der Waals surface area contributed by atoms with E-state index >= 15 is 0 Å². The number of allylic oxidation sites excluding steroid dienone is 2. The fraction of sp³-hybridized carbons (Fsp3) is 0.200. The first kappa shape index (κ1) is 26.2. The summed E-state index contributed by atoms with van der Waals surface area (Å²) in [6.07, 6.45) is 3.94. The third-order valence-corrected chi connectivity index (χ3v) is 7.88. The van der Waals surface area contributed by atoms with Gasteiger partial charge < -0.3 is 9.32 Å². The second kappa shape index (κ2) is 11.1. The molecule has 5 rings (SSSR count). The Kier molecular flexibility index (Phi) is 7.47. The molecule has 2 atom stereocenters. The minimum absolute atomic E-state index is 0.204. The van der Waals surface area contributed by atoms with Gasteiger partial charge in [-0.3, -0.25) is 5.41 Å². The van der Waals surface area contributed by atoms with Gasteiger partial charge >= 0.3 is 0 Å². The van der Waals surface area contributed by atoms with Crippen LogP contribution >= 0.6 is 0 Å². The molecule has 0 aliphatic rings. The van der Waals surface area contributed by atoms with E-state index in [1.807, 2.05) is 73.8 Å². The van der Waals surface area contributed by atoms with Crippen molar-refractivity contribution in [3.63, 3.8) is 0 Å². The number of amidine groups is 2. The summed E-state index contributed by atoms with van der Waals surface area (Å²) in [7, 11) is 2.01. The average Bonchev–Trinajstić information content (AvgIpc) is 3.36. The third-order valence-electron chi connectivity index (χ3n) is 7.88. The molecular weight excluding hydrogens is 478 g/mol. The number of nitrogens with one attached hydrogen (secondary N) is 1. The monoisotopic (exact) mass is 513 g/mol. The number of rotatable bonds is 8. The highest BCUT2D eigenvalue weighted by molar-refractivity contribution is 6.22. The predicted molar refractivity (Wildman–Crippen MR) is 166 cm³/mol. The molecular formula is C35H35N3O. The molecule has 0 saturated carbocycles. The number of fused-ring (bicyclic) bond motifs is 4. The summed E-state index contributed by atoms with van der Waals surface area (Å²) >= 11 is 0. The van der Waals surface area contributed by atoms with Crippen LogP contribution in [0, 0.1) is 17.2 Å². The van der Waals surface area contributed by atoms with Crippen LogP contribution in [0.25, 0.3) is 32.7 Å². The molecule has 0 spiro atoms. The lowest BCUT2D eigenvalue weighted by molar-refractivity contribution is 0.351. The molecule has 1 N–H and O–H groups in total. The molecule has 5 aromatic rings. The fourth-order valence-corrected chi connectivity index (χ4v) is 5.53. The fourth-order valence-electron chi connectivity index (χ4n) is 5.53. The molecule has 0 aliphatic heterocycles. The molecule has 4 aromatic carbocycles. The summed E-state index contributed by atoms with van der Waals surface area (Å²) in [4.78, 5) is 7.10. The van der Waals surface area contributed by atoms with E-state index in [9.17, 15) is 5.41 Å². The van der Waals surface area contributed by atoms with Crippen molar-refractivity contribution in [2.45, 2.75) is 26.7 Å². The van der Waals surface area contributed by atoms with Gasteiger partial charge in [0.05, 0.1) is 0 Å². The number of aliphatic imine (C=N–C) groups is 1. The molecule has 4 heteroatoms. The van der Waals surface area contributed by atoms with Crippen LogP contribution in [0.3, 0.4) is 0 Å². The quantitative estimate of drug-likeness (QED) is 0.128. The Balaban J connectivity index is 1.70. The standard InChI is InChI=1S/C35H35N3O/c1-6-14-25(7-2)23(3)24(4)38(5)35(37-34(36)28-19-12-16-26-15-8-9-17-27(26)28)30-20-13-22-32-33(30)29-18-10-11-21-31(29)39-32/h6,8-13,15-23,25,36H,1,4,7,14H2,2-3,5H3/t23-,25+/m1/s1. The number of hydrogen-bond acceptors (Lipinski definition) is 2. The van der Waals surface area contributed by atoms with Crippen molar-refractivity contribution in [1.29, 1.82) is 5.41 Å². The van der Waals surface area contributed by atoms with Gasteiger partial charge in [0.1, 0.15) is 17.0 Å². The molecule has 0 bridgehead atoms. The number of benzene rings is 4. The second-order valence-electron chi connectivity index (χ2n) is 10.1. The van der Waals surface area contributed by atoms with E-state index in [2.05, 4.69) is 56.2 Å². The van der Waals surface area contributed by atoms with Crippen LogP contribution < -0.4 is 0 Å². The van der Waals surface area contributed by atoms with Crippen molar-refractivity contribution in [3.8, 4) is 0 Å². The lowest BCUT2D eigenvalue weighted by Gasteiger charge is -2.32. The van der Waals surface area contributed by atoms with Gasteiger partial charge in [-0.1, -0.05) is 106 Å². The van der Waals surface area contributed by atoms with Gasteiger partial charge in [-0.25, -0.2) is 4.99 Å². The average molecular weight is 514 g/mol. The molecule has 0 radical (unpaired) electrons. The van der Waals surface area contributed by atoms with E-state index in [1.54, 1.807) is 0 Å². The number of furan rings is 1. The summed E-state index contributed by atoms with van der Waals surface area (Å²) in [5.41, 5.74) is 4.28. The summed E-state index contributed by atoms with van der Waals surface area (Å²) in [6.45, 7) is 12.9. The Bertz CT molecular complexity index is 1720. The summed E-state index contributed by atoms with van der Waals surface area (Å²) < 4.78 is 6.21. The van der Waals surface area contributed by atoms with E-state index in [-0.39, 0.29) is 11.8 Å². The maximum atomic E-state index is 9.17. The molecule has 196 valence electrons. The highest BCUT2D eigenvalue weighted by Gasteiger charge is 2.25. The number of hydrogen-bond donors (Lipinski definition) is 1. The smallest absolute Gasteiger partial charge is 0.154 e. The zero-order valence-corrected chi connectivity index (χ0v) is 22.9. The topological polar surface area (TPSA) is 52.6 Å². The van der Waals surface area contributed by atoms with Crippen molar-refractivity contribution < 1.29 is 4.42 Å². The van der Waals surface area contributed by atoms with Gasteiger partial charge in [0, 0.05) is 34.6 Å². The van der Waals surface area contributed by atoms with Crippen molar-refractivity contribution in [2.24, 2.45) is 16.8 Å². The third kappa shape index (κ3) is 4.90. The molecule has 0 fully saturated rings. The van der Waals surface area contributed by atoms with Gasteiger partial charge in [0.25, 0.3) is 0 Å². The van der Waals surface area contributed by atoms with Crippen LogP contribution in [0.15, 0.2) is 119 Å². The molecule has 1 aromatic heterocycles. The normalized spacial score (nSPS) is 13.5. The number of para-hydroxylation sites is 1. The SMILES string of the molecule is C=CC[C@H](CC)[C@H](C)C(=C)N(C)C(=NC(=N)c1cccc2ccccc12)c1cccc2oc3ccccc3c12. The Morgan fingerprint density at radius 2 is 1.56 bits per heavy atom.